The molecule has 0 atom stereocenters. The highest BCUT2D eigenvalue weighted by Gasteiger charge is 2.41. The normalized spacial score (nSPS) is 11.7. The molecule has 21 heavy (non-hydrogen) atoms. The molecule has 0 spiro atoms. The number of aromatic carboxylic acids is 1. The first-order valence-electron chi connectivity index (χ1n) is 6.13. The smallest absolute Gasteiger partial charge is 0.435 e. The molecule has 0 bridgehead atoms. The van der Waals surface area contributed by atoms with Gasteiger partial charge in [0.2, 0.25) is 11.6 Å². The summed E-state index contributed by atoms with van der Waals surface area (Å²) in [7, 11) is 0. The van der Waals surface area contributed by atoms with Crippen LogP contribution < -0.4 is 5.32 Å². The van der Waals surface area contributed by atoms with Crippen molar-refractivity contribution in [2.75, 3.05) is 6.54 Å². The van der Waals surface area contributed by atoms with E-state index in [0.717, 1.165) is 0 Å². The van der Waals surface area contributed by atoms with Gasteiger partial charge in [-0.1, -0.05) is 19.1 Å². The average Bonchev–Trinajstić information content (AvgIpc) is 2.71. The Labute approximate surface area is 118 Å². The van der Waals surface area contributed by atoms with Crippen molar-refractivity contribution in [1.82, 2.24) is 20.3 Å². The lowest BCUT2D eigenvalue weighted by molar-refractivity contribution is -0.145. The summed E-state index contributed by atoms with van der Waals surface area (Å²) in [6, 6.07) is 0. The van der Waals surface area contributed by atoms with Crippen molar-refractivity contribution in [2.45, 2.75) is 33.0 Å². The van der Waals surface area contributed by atoms with E-state index in [0.29, 0.717) is 18.9 Å². The number of carbonyl (C=O) groups excluding carboxylic acids is 1. The molecule has 0 aromatic carbocycles. The summed E-state index contributed by atoms with van der Waals surface area (Å²) in [6.07, 6.45) is -4.29. The third-order valence-electron chi connectivity index (χ3n) is 2.54. The summed E-state index contributed by atoms with van der Waals surface area (Å²) in [5.41, 5.74) is -2.77. The molecule has 0 aliphatic rings. The van der Waals surface area contributed by atoms with Gasteiger partial charge in [0.05, 0.1) is 0 Å². The molecule has 1 amide bonds. The first-order valence-corrected chi connectivity index (χ1v) is 6.13. The van der Waals surface area contributed by atoms with Crippen molar-refractivity contribution < 1.29 is 27.9 Å². The second-order valence-electron chi connectivity index (χ2n) is 4.78. The second-order valence-corrected chi connectivity index (χ2v) is 4.78. The third kappa shape index (κ3) is 4.72. The number of aromatic nitrogens is 3. The van der Waals surface area contributed by atoms with Crippen molar-refractivity contribution in [1.29, 1.82) is 0 Å². The molecule has 1 heterocycles. The molecule has 0 fully saturated rings. The van der Waals surface area contributed by atoms with E-state index in [9.17, 15) is 22.8 Å². The quantitative estimate of drug-likeness (QED) is 0.822. The molecule has 2 N–H and O–H groups in total. The van der Waals surface area contributed by atoms with E-state index in [1.165, 1.54) is 0 Å². The number of rotatable bonds is 6. The van der Waals surface area contributed by atoms with Crippen LogP contribution in [-0.4, -0.2) is 38.5 Å². The van der Waals surface area contributed by atoms with Gasteiger partial charge in [-0.05, 0) is 12.3 Å². The Morgan fingerprint density at radius 1 is 1.38 bits per heavy atom. The summed E-state index contributed by atoms with van der Waals surface area (Å²) >= 11 is 0. The highest BCUT2D eigenvalue weighted by atomic mass is 19.4. The number of carboxylic acids is 1. The molecule has 0 radical (unpaired) electrons. The molecule has 1 aromatic rings. The fraction of sp³-hybridized carbons (Fsp3) is 0.636. The third-order valence-corrected chi connectivity index (χ3v) is 2.54. The zero-order valence-corrected chi connectivity index (χ0v) is 11.4. The number of hydrogen-bond donors (Lipinski definition) is 2. The monoisotopic (exact) mass is 308 g/mol. The summed E-state index contributed by atoms with van der Waals surface area (Å²) in [5.74, 6) is -2.21. The molecular weight excluding hydrogens is 293 g/mol. The highest BCUT2D eigenvalue weighted by Crippen LogP contribution is 2.30. The maximum absolute atomic E-state index is 12.8. The fourth-order valence-electron chi connectivity index (χ4n) is 1.54. The predicted molar refractivity (Wildman–Crippen MR) is 64.4 cm³/mol. The molecule has 1 rings (SSSR count). The van der Waals surface area contributed by atoms with Crippen molar-refractivity contribution >= 4 is 11.9 Å². The van der Waals surface area contributed by atoms with Gasteiger partial charge in [0, 0.05) is 6.54 Å². The Morgan fingerprint density at radius 3 is 2.48 bits per heavy atom. The molecule has 10 heteroatoms. The van der Waals surface area contributed by atoms with E-state index in [2.05, 4.69) is 15.6 Å². The summed E-state index contributed by atoms with van der Waals surface area (Å²) in [6.45, 7) is 3.44. The average molecular weight is 308 g/mol. The number of amides is 1. The zero-order valence-electron chi connectivity index (χ0n) is 11.4. The molecule has 7 nitrogen and oxygen atoms in total. The predicted octanol–water partition coefficient (Wildman–Crippen LogP) is 1.16. The molecule has 0 saturated carbocycles. The molecular formula is C11H15F3N4O3. The van der Waals surface area contributed by atoms with Gasteiger partial charge in [-0.3, -0.25) is 4.79 Å². The van der Waals surface area contributed by atoms with Gasteiger partial charge in [0.15, 0.2) is 5.69 Å². The second kappa shape index (κ2) is 6.55. The minimum atomic E-state index is -4.96. The molecule has 0 aliphatic carbocycles. The number of halogens is 3. The minimum absolute atomic E-state index is 0.244. The highest BCUT2D eigenvalue weighted by molar-refractivity contribution is 5.87. The number of nitrogens with zero attached hydrogens (tertiary/aromatic N) is 3. The Morgan fingerprint density at radius 2 is 2.00 bits per heavy atom. The number of nitrogens with one attached hydrogen (secondary N) is 1. The van der Waals surface area contributed by atoms with Gasteiger partial charge in [-0.15, -0.1) is 5.10 Å². The molecule has 118 valence electrons. The SMILES string of the molecule is CC(C)CCNC(=O)Cn1nnc(C(=O)O)c1C(F)(F)F. The molecule has 0 unspecified atom stereocenters. The van der Waals surface area contributed by atoms with Crippen molar-refractivity contribution in [3.63, 3.8) is 0 Å². The van der Waals surface area contributed by atoms with Crippen LogP contribution in [-0.2, 0) is 17.5 Å². The van der Waals surface area contributed by atoms with Crippen molar-refractivity contribution in [3.8, 4) is 0 Å². The largest absolute Gasteiger partial charge is 0.476 e. The van der Waals surface area contributed by atoms with Gasteiger partial charge in [0.25, 0.3) is 0 Å². The van der Waals surface area contributed by atoms with Gasteiger partial charge in [-0.25, -0.2) is 9.48 Å². The van der Waals surface area contributed by atoms with E-state index >= 15 is 0 Å². The van der Waals surface area contributed by atoms with Crippen LogP contribution in [0.1, 0.15) is 36.5 Å². The van der Waals surface area contributed by atoms with E-state index in [-0.39, 0.29) is 4.68 Å². The maximum Gasteiger partial charge on any atom is 0.435 e. The van der Waals surface area contributed by atoms with E-state index in [4.69, 9.17) is 5.11 Å². The van der Waals surface area contributed by atoms with Crippen LogP contribution in [0, 0.1) is 5.92 Å². The lowest BCUT2D eigenvalue weighted by Gasteiger charge is -2.11. The van der Waals surface area contributed by atoms with Crippen molar-refractivity contribution in [2.24, 2.45) is 5.92 Å². The lowest BCUT2D eigenvalue weighted by atomic mass is 10.1. The molecule has 0 aliphatic heterocycles. The number of alkyl halides is 3. The van der Waals surface area contributed by atoms with E-state index in [1.54, 1.807) is 0 Å². The van der Waals surface area contributed by atoms with Crippen molar-refractivity contribution in [3.05, 3.63) is 11.4 Å². The van der Waals surface area contributed by atoms with Crippen LogP contribution in [0.5, 0.6) is 0 Å². The lowest BCUT2D eigenvalue weighted by Crippen LogP contribution is -2.31. The van der Waals surface area contributed by atoms with E-state index < -0.39 is 36.0 Å². The van der Waals surface area contributed by atoms with Crippen LogP contribution in [0.3, 0.4) is 0 Å². The van der Waals surface area contributed by atoms with E-state index in [1.807, 2.05) is 13.8 Å². The number of carboxylic acid groups (broad SMARTS) is 1. The van der Waals surface area contributed by atoms with Crippen LogP contribution in [0.25, 0.3) is 0 Å². The molecule has 1 aromatic heterocycles. The topological polar surface area (TPSA) is 97.1 Å². The summed E-state index contributed by atoms with van der Waals surface area (Å²) in [5, 5.41) is 17.1. The Bertz CT molecular complexity index is 525. The first-order chi connectivity index (χ1) is 9.62. The summed E-state index contributed by atoms with van der Waals surface area (Å²) < 4.78 is 38.7. The Balaban J connectivity index is 2.84. The molecule has 0 saturated heterocycles. The number of hydrogen-bond acceptors (Lipinski definition) is 4. The van der Waals surface area contributed by atoms with Crippen LogP contribution in [0.4, 0.5) is 13.2 Å². The minimum Gasteiger partial charge on any atom is -0.476 e. The first kappa shape index (κ1) is 16.9. The van der Waals surface area contributed by atoms with Gasteiger partial charge in [0.1, 0.15) is 6.54 Å². The van der Waals surface area contributed by atoms with Crippen LogP contribution in [0.15, 0.2) is 0 Å². The Kier molecular flexibility index (Phi) is 5.28. The van der Waals surface area contributed by atoms with Crippen LogP contribution >= 0.6 is 0 Å². The van der Waals surface area contributed by atoms with Gasteiger partial charge >= 0.3 is 12.1 Å². The summed E-state index contributed by atoms with van der Waals surface area (Å²) in [4.78, 5) is 22.2. The fourth-order valence-corrected chi connectivity index (χ4v) is 1.54. The Hall–Kier alpha value is -2.13. The van der Waals surface area contributed by atoms with Gasteiger partial charge < -0.3 is 10.4 Å². The van der Waals surface area contributed by atoms with Gasteiger partial charge in [-0.2, -0.15) is 13.2 Å². The standard InChI is InChI=1S/C11H15F3N4O3/c1-6(2)3-4-15-7(19)5-18-9(11(12,13)14)8(10(20)21)16-17-18/h6H,3-5H2,1-2H3,(H,15,19)(H,20,21). The zero-order chi connectivity index (χ0) is 16.2. The number of carbonyl (C=O) groups is 2. The maximum atomic E-state index is 12.8. The van der Waals surface area contributed by atoms with Crippen LogP contribution in [0.2, 0.25) is 0 Å².